The number of hydrogen-bond donors (Lipinski definition) is 1. The fourth-order valence-electron chi connectivity index (χ4n) is 2.64. The van der Waals surface area contributed by atoms with Gasteiger partial charge in [-0.2, -0.15) is 9.57 Å². The largest absolute Gasteiger partial charge is 0.481 e. The van der Waals surface area contributed by atoms with Crippen molar-refractivity contribution < 1.29 is 18.3 Å². The van der Waals surface area contributed by atoms with E-state index in [1.165, 1.54) is 22.5 Å². The predicted octanol–water partition coefficient (Wildman–Crippen LogP) is 1.35. The Balaban J connectivity index is 2.38. The zero-order valence-corrected chi connectivity index (χ0v) is 12.6. The maximum Gasteiger partial charge on any atom is 0.308 e. The van der Waals surface area contributed by atoms with Crippen LogP contribution in [0.3, 0.4) is 0 Å². The minimum atomic E-state index is -3.74. The standard InChI is InChI=1S/C14H16N2O4S/c1-9-7-12(4-3-11(9)8-15)21(19,20)16-6-5-13(10(16)2)14(17)18/h3-4,7,10,13H,5-6H2,1-2H3,(H,17,18). The molecule has 7 heteroatoms. The number of benzene rings is 1. The van der Waals surface area contributed by atoms with Crippen LogP contribution in [0.1, 0.15) is 24.5 Å². The Morgan fingerprint density at radius 2 is 2.14 bits per heavy atom. The number of sulfonamides is 1. The SMILES string of the molecule is Cc1cc(S(=O)(=O)N2CCC(C(=O)O)C2C)ccc1C#N. The van der Waals surface area contributed by atoms with E-state index in [1.807, 2.05) is 6.07 Å². The lowest BCUT2D eigenvalue weighted by molar-refractivity contribution is -0.142. The fraction of sp³-hybridized carbons (Fsp3) is 0.429. The molecule has 21 heavy (non-hydrogen) atoms. The van der Waals surface area contributed by atoms with E-state index in [1.54, 1.807) is 13.8 Å². The van der Waals surface area contributed by atoms with Gasteiger partial charge in [-0.25, -0.2) is 8.42 Å². The number of carbonyl (C=O) groups is 1. The highest BCUT2D eigenvalue weighted by atomic mass is 32.2. The molecule has 0 radical (unpaired) electrons. The van der Waals surface area contributed by atoms with Crippen molar-refractivity contribution in [1.29, 1.82) is 5.26 Å². The van der Waals surface area contributed by atoms with Gasteiger partial charge in [0, 0.05) is 12.6 Å². The lowest BCUT2D eigenvalue weighted by atomic mass is 10.0. The minimum absolute atomic E-state index is 0.0943. The molecule has 0 saturated carbocycles. The monoisotopic (exact) mass is 308 g/mol. The van der Waals surface area contributed by atoms with Crippen molar-refractivity contribution >= 4 is 16.0 Å². The van der Waals surface area contributed by atoms with Gasteiger partial charge in [-0.1, -0.05) is 0 Å². The Morgan fingerprint density at radius 1 is 1.48 bits per heavy atom. The first kappa shape index (κ1) is 15.5. The van der Waals surface area contributed by atoms with Crippen molar-refractivity contribution in [3.8, 4) is 6.07 Å². The first-order chi connectivity index (χ1) is 9.78. The van der Waals surface area contributed by atoms with Crippen molar-refractivity contribution in [3.63, 3.8) is 0 Å². The lowest BCUT2D eigenvalue weighted by Gasteiger charge is -2.23. The summed E-state index contributed by atoms with van der Waals surface area (Å²) in [5.41, 5.74) is 1.01. The summed E-state index contributed by atoms with van der Waals surface area (Å²) in [5, 5.41) is 18.0. The van der Waals surface area contributed by atoms with Crippen LogP contribution in [0.25, 0.3) is 0 Å². The van der Waals surface area contributed by atoms with E-state index in [-0.39, 0.29) is 11.4 Å². The predicted molar refractivity (Wildman–Crippen MR) is 75.0 cm³/mol. The molecule has 2 atom stereocenters. The summed E-state index contributed by atoms with van der Waals surface area (Å²) in [5.74, 6) is -1.66. The first-order valence-electron chi connectivity index (χ1n) is 6.54. The molecule has 0 bridgehead atoms. The molecule has 0 amide bonds. The van der Waals surface area contributed by atoms with Gasteiger partial charge in [-0.05, 0) is 44.0 Å². The highest BCUT2D eigenvalue weighted by Crippen LogP contribution is 2.30. The lowest BCUT2D eigenvalue weighted by Crippen LogP contribution is -2.37. The second-order valence-corrected chi connectivity index (χ2v) is 7.07. The molecule has 2 unspecified atom stereocenters. The van der Waals surface area contributed by atoms with Crippen LogP contribution in [0, 0.1) is 24.2 Å². The van der Waals surface area contributed by atoms with Gasteiger partial charge in [0.25, 0.3) is 0 Å². The molecular weight excluding hydrogens is 292 g/mol. The normalized spacial score (nSPS) is 22.9. The van der Waals surface area contributed by atoms with Crippen LogP contribution in [0.15, 0.2) is 23.1 Å². The topological polar surface area (TPSA) is 98.5 Å². The summed E-state index contributed by atoms with van der Waals surface area (Å²) in [6, 6.07) is 5.72. The number of rotatable bonds is 3. The number of nitriles is 1. The zero-order valence-electron chi connectivity index (χ0n) is 11.8. The molecule has 1 aromatic carbocycles. The average molecular weight is 308 g/mol. The van der Waals surface area contributed by atoms with Crippen LogP contribution in [0.2, 0.25) is 0 Å². The van der Waals surface area contributed by atoms with E-state index in [0.717, 1.165) is 0 Å². The van der Waals surface area contributed by atoms with Crippen LogP contribution < -0.4 is 0 Å². The van der Waals surface area contributed by atoms with E-state index < -0.39 is 28.0 Å². The van der Waals surface area contributed by atoms with Gasteiger partial charge in [0.1, 0.15) is 0 Å². The highest BCUT2D eigenvalue weighted by molar-refractivity contribution is 7.89. The molecule has 1 fully saturated rings. The zero-order chi connectivity index (χ0) is 15.8. The third-order valence-corrected chi connectivity index (χ3v) is 5.92. The van der Waals surface area contributed by atoms with Crippen molar-refractivity contribution in [2.75, 3.05) is 6.54 Å². The van der Waals surface area contributed by atoms with E-state index in [9.17, 15) is 13.2 Å². The van der Waals surface area contributed by atoms with Gasteiger partial charge in [-0.3, -0.25) is 4.79 Å². The number of carboxylic acid groups (broad SMARTS) is 1. The number of nitrogens with zero attached hydrogens (tertiary/aromatic N) is 2. The van der Waals surface area contributed by atoms with Crippen molar-refractivity contribution in [3.05, 3.63) is 29.3 Å². The second kappa shape index (κ2) is 5.47. The van der Waals surface area contributed by atoms with E-state index in [0.29, 0.717) is 17.5 Å². The Labute approximate surface area is 123 Å². The molecular formula is C14H16N2O4S. The van der Waals surface area contributed by atoms with Crippen LogP contribution >= 0.6 is 0 Å². The molecule has 2 rings (SSSR count). The maximum atomic E-state index is 12.6. The average Bonchev–Trinajstić information content (AvgIpc) is 2.81. The fourth-order valence-corrected chi connectivity index (χ4v) is 4.41. The summed E-state index contributed by atoms with van der Waals surface area (Å²) in [6.45, 7) is 3.48. The summed E-state index contributed by atoms with van der Waals surface area (Å²) in [7, 11) is -3.74. The smallest absolute Gasteiger partial charge is 0.308 e. The molecule has 1 aliphatic rings. The maximum absolute atomic E-state index is 12.6. The Bertz CT molecular complexity index is 721. The summed E-state index contributed by atoms with van der Waals surface area (Å²) in [4.78, 5) is 11.2. The molecule has 1 saturated heterocycles. The number of aryl methyl sites for hydroxylation is 1. The van der Waals surface area contributed by atoms with E-state index >= 15 is 0 Å². The molecule has 6 nitrogen and oxygen atoms in total. The Morgan fingerprint density at radius 3 is 2.62 bits per heavy atom. The molecule has 1 aliphatic heterocycles. The van der Waals surface area contributed by atoms with Crippen LogP contribution in [-0.4, -0.2) is 36.4 Å². The van der Waals surface area contributed by atoms with Gasteiger partial charge in [0.15, 0.2) is 0 Å². The van der Waals surface area contributed by atoms with Crippen LogP contribution in [0.4, 0.5) is 0 Å². The van der Waals surface area contributed by atoms with E-state index in [4.69, 9.17) is 10.4 Å². The first-order valence-corrected chi connectivity index (χ1v) is 7.98. The quantitative estimate of drug-likeness (QED) is 0.908. The van der Waals surface area contributed by atoms with Gasteiger partial charge in [-0.15, -0.1) is 0 Å². The molecule has 1 aromatic rings. The minimum Gasteiger partial charge on any atom is -0.481 e. The van der Waals surface area contributed by atoms with Crippen molar-refractivity contribution in [1.82, 2.24) is 4.31 Å². The van der Waals surface area contributed by atoms with Gasteiger partial charge in [0.05, 0.1) is 22.4 Å². The molecule has 112 valence electrons. The van der Waals surface area contributed by atoms with Gasteiger partial charge < -0.3 is 5.11 Å². The van der Waals surface area contributed by atoms with Crippen LogP contribution in [-0.2, 0) is 14.8 Å². The van der Waals surface area contributed by atoms with Crippen molar-refractivity contribution in [2.24, 2.45) is 5.92 Å². The number of aliphatic carboxylic acids is 1. The molecule has 0 aromatic heterocycles. The Kier molecular flexibility index (Phi) is 4.03. The second-order valence-electron chi connectivity index (χ2n) is 5.18. The molecule has 1 N–H and O–H groups in total. The third-order valence-electron chi connectivity index (χ3n) is 3.94. The highest BCUT2D eigenvalue weighted by Gasteiger charge is 2.42. The summed E-state index contributed by atoms with van der Waals surface area (Å²) < 4.78 is 26.5. The molecule has 0 spiro atoms. The molecule has 0 aliphatic carbocycles. The van der Waals surface area contributed by atoms with Crippen molar-refractivity contribution in [2.45, 2.75) is 31.2 Å². The summed E-state index contributed by atoms with van der Waals surface area (Å²) in [6.07, 6.45) is 0.311. The number of carboxylic acids is 1. The van der Waals surface area contributed by atoms with Crippen LogP contribution in [0.5, 0.6) is 0 Å². The Hall–Kier alpha value is -1.91. The van der Waals surface area contributed by atoms with Gasteiger partial charge >= 0.3 is 5.97 Å². The summed E-state index contributed by atoms with van der Waals surface area (Å²) >= 11 is 0. The number of hydrogen-bond acceptors (Lipinski definition) is 4. The molecule has 1 heterocycles. The van der Waals surface area contributed by atoms with E-state index in [2.05, 4.69) is 0 Å². The van der Waals surface area contributed by atoms with Gasteiger partial charge in [0.2, 0.25) is 10.0 Å². The third kappa shape index (κ3) is 2.64.